The van der Waals surface area contributed by atoms with Gasteiger partial charge in [0, 0.05) is 19.8 Å². The predicted molar refractivity (Wildman–Crippen MR) is 77.9 cm³/mol. The third kappa shape index (κ3) is 3.88. The van der Waals surface area contributed by atoms with E-state index >= 15 is 0 Å². The molecule has 2 N–H and O–H groups in total. The smallest absolute Gasteiger partial charge is 0.295 e. The Hall–Kier alpha value is -2.70. The van der Waals surface area contributed by atoms with Crippen molar-refractivity contribution in [1.29, 1.82) is 0 Å². The van der Waals surface area contributed by atoms with Crippen molar-refractivity contribution in [3.63, 3.8) is 0 Å². The molecule has 2 amide bonds. The summed E-state index contributed by atoms with van der Waals surface area (Å²) in [5.41, 5.74) is 1.52. The van der Waals surface area contributed by atoms with Crippen LogP contribution in [-0.2, 0) is 11.2 Å². The quantitative estimate of drug-likeness (QED) is 0.877. The number of aromatic nitrogens is 3. The Morgan fingerprint density at radius 3 is 2.43 bits per heavy atom. The van der Waals surface area contributed by atoms with Crippen molar-refractivity contribution in [3.05, 3.63) is 41.5 Å². The van der Waals surface area contributed by atoms with Gasteiger partial charge in [0.15, 0.2) is 0 Å². The molecule has 0 saturated heterocycles. The van der Waals surface area contributed by atoms with E-state index in [2.05, 4.69) is 20.5 Å². The summed E-state index contributed by atoms with van der Waals surface area (Å²) in [6.07, 6.45) is 0.335. The van der Waals surface area contributed by atoms with Crippen LogP contribution in [0.1, 0.15) is 22.0 Å². The van der Waals surface area contributed by atoms with E-state index in [9.17, 15) is 9.59 Å². The molecule has 1 heterocycles. The number of H-pyrrole nitrogens is 1. The maximum Gasteiger partial charge on any atom is 0.295 e. The normalized spacial score (nSPS) is 10.2. The number of likely N-dealkylation sites (N-methyl/N-ethyl adjacent to an activating group) is 1. The second-order valence-electron chi connectivity index (χ2n) is 4.86. The van der Waals surface area contributed by atoms with E-state index in [0.29, 0.717) is 17.9 Å². The molecule has 7 heteroatoms. The van der Waals surface area contributed by atoms with Crippen LogP contribution in [0.4, 0.5) is 5.69 Å². The highest BCUT2D eigenvalue weighted by Crippen LogP contribution is 2.11. The maximum atomic E-state index is 11.9. The van der Waals surface area contributed by atoms with Crippen LogP contribution in [0.2, 0.25) is 0 Å². The Balaban J connectivity index is 1.99. The van der Waals surface area contributed by atoms with Crippen LogP contribution in [0.15, 0.2) is 24.3 Å². The van der Waals surface area contributed by atoms with Gasteiger partial charge in [-0.15, -0.1) is 5.10 Å². The molecule has 1 aromatic heterocycles. The molecule has 0 fully saturated rings. The van der Waals surface area contributed by atoms with Crippen molar-refractivity contribution < 1.29 is 9.59 Å². The van der Waals surface area contributed by atoms with Crippen LogP contribution in [0.25, 0.3) is 0 Å². The van der Waals surface area contributed by atoms with E-state index in [1.165, 1.54) is 0 Å². The topological polar surface area (TPSA) is 91.0 Å². The third-order valence-corrected chi connectivity index (χ3v) is 2.87. The van der Waals surface area contributed by atoms with Gasteiger partial charge in [-0.3, -0.25) is 14.7 Å². The molecule has 0 aliphatic rings. The average Bonchev–Trinajstić information content (AvgIpc) is 2.87. The second kappa shape index (κ2) is 6.17. The number of aromatic amines is 1. The van der Waals surface area contributed by atoms with Gasteiger partial charge in [-0.1, -0.05) is 12.1 Å². The number of hydrogen-bond acceptors (Lipinski definition) is 4. The van der Waals surface area contributed by atoms with Crippen molar-refractivity contribution in [2.45, 2.75) is 13.3 Å². The van der Waals surface area contributed by atoms with Crippen molar-refractivity contribution in [2.75, 3.05) is 19.4 Å². The van der Waals surface area contributed by atoms with Crippen LogP contribution in [0, 0.1) is 6.92 Å². The lowest BCUT2D eigenvalue weighted by Gasteiger charge is -2.10. The highest BCUT2D eigenvalue weighted by molar-refractivity contribution is 6.01. The van der Waals surface area contributed by atoms with Crippen molar-refractivity contribution in [2.24, 2.45) is 0 Å². The van der Waals surface area contributed by atoms with E-state index in [1.54, 1.807) is 50.2 Å². The number of amides is 2. The second-order valence-corrected chi connectivity index (χ2v) is 4.86. The SMILES string of the molecule is Cc1nc(C(=O)Nc2ccc(CC(=O)N(C)C)cc2)n[nH]1. The van der Waals surface area contributed by atoms with Crippen molar-refractivity contribution in [3.8, 4) is 0 Å². The zero-order valence-corrected chi connectivity index (χ0v) is 12.2. The highest BCUT2D eigenvalue weighted by Gasteiger charge is 2.11. The number of aryl methyl sites for hydroxylation is 1. The van der Waals surface area contributed by atoms with Gasteiger partial charge in [-0.2, -0.15) is 0 Å². The Morgan fingerprint density at radius 1 is 1.24 bits per heavy atom. The molecular weight excluding hydrogens is 270 g/mol. The minimum atomic E-state index is -0.378. The van der Waals surface area contributed by atoms with Gasteiger partial charge in [0.05, 0.1) is 6.42 Å². The number of nitrogens with one attached hydrogen (secondary N) is 2. The molecular formula is C14H17N5O2. The van der Waals surface area contributed by atoms with Gasteiger partial charge in [-0.05, 0) is 24.6 Å². The Morgan fingerprint density at radius 2 is 1.90 bits per heavy atom. The largest absolute Gasteiger partial charge is 0.349 e. The summed E-state index contributed by atoms with van der Waals surface area (Å²) in [4.78, 5) is 29.0. The lowest BCUT2D eigenvalue weighted by atomic mass is 10.1. The van der Waals surface area contributed by atoms with Gasteiger partial charge < -0.3 is 10.2 Å². The number of benzene rings is 1. The van der Waals surface area contributed by atoms with Crippen LogP contribution in [0.3, 0.4) is 0 Å². The molecule has 0 atom stereocenters. The minimum absolute atomic E-state index is 0.0305. The number of anilines is 1. The molecule has 0 spiro atoms. The first-order chi connectivity index (χ1) is 9.95. The van der Waals surface area contributed by atoms with Gasteiger partial charge in [-0.25, -0.2) is 4.98 Å². The van der Waals surface area contributed by atoms with Gasteiger partial charge in [0.2, 0.25) is 11.7 Å². The summed E-state index contributed by atoms with van der Waals surface area (Å²) in [5, 5.41) is 9.10. The van der Waals surface area contributed by atoms with Crippen LogP contribution >= 0.6 is 0 Å². The van der Waals surface area contributed by atoms with E-state index in [-0.39, 0.29) is 17.6 Å². The monoisotopic (exact) mass is 287 g/mol. The summed E-state index contributed by atoms with van der Waals surface area (Å²) in [7, 11) is 3.44. The number of nitrogens with zero attached hydrogens (tertiary/aromatic N) is 3. The van der Waals surface area contributed by atoms with Gasteiger partial charge in [0.25, 0.3) is 5.91 Å². The fraction of sp³-hybridized carbons (Fsp3) is 0.286. The lowest BCUT2D eigenvalue weighted by Crippen LogP contribution is -2.23. The zero-order valence-electron chi connectivity index (χ0n) is 12.2. The summed E-state index contributed by atoms with van der Waals surface area (Å²) >= 11 is 0. The Bertz CT molecular complexity index is 646. The zero-order chi connectivity index (χ0) is 15.4. The third-order valence-electron chi connectivity index (χ3n) is 2.87. The van der Waals surface area contributed by atoms with Crippen LogP contribution < -0.4 is 5.32 Å². The molecule has 0 aliphatic carbocycles. The number of rotatable bonds is 4. The predicted octanol–water partition coefficient (Wildman–Crippen LogP) is 0.996. The first-order valence-corrected chi connectivity index (χ1v) is 6.45. The van der Waals surface area contributed by atoms with Gasteiger partial charge >= 0.3 is 0 Å². The van der Waals surface area contributed by atoms with E-state index in [1.807, 2.05) is 0 Å². The van der Waals surface area contributed by atoms with Crippen LogP contribution in [-0.4, -0.2) is 46.0 Å². The average molecular weight is 287 g/mol. The Kier molecular flexibility index (Phi) is 4.32. The fourth-order valence-electron chi connectivity index (χ4n) is 1.67. The van der Waals surface area contributed by atoms with Gasteiger partial charge in [0.1, 0.15) is 5.82 Å². The van der Waals surface area contributed by atoms with E-state index in [4.69, 9.17) is 0 Å². The van der Waals surface area contributed by atoms with Crippen molar-refractivity contribution >= 4 is 17.5 Å². The van der Waals surface area contributed by atoms with Crippen molar-refractivity contribution in [1.82, 2.24) is 20.1 Å². The molecule has 0 bridgehead atoms. The number of carbonyl (C=O) groups excluding carboxylic acids is 2. The van der Waals surface area contributed by atoms with E-state index in [0.717, 1.165) is 5.56 Å². The van der Waals surface area contributed by atoms with Crippen LogP contribution in [0.5, 0.6) is 0 Å². The highest BCUT2D eigenvalue weighted by atomic mass is 16.2. The lowest BCUT2D eigenvalue weighted by molar-refractivity contribution is -0.127. The Labute approximate surface area is 122 Å². The molecule has 0 radical (unpaired) electrons. The number of hydrogen-bond donors (Lipinski definition) is 2. The molecule has 7 nitrogen and oxygen atoms in total. The maximum absolute atomic E-state index is 11.9. The minimum Gasteiger partial charge on any atom is -0.349 e. The first kappa shape index (κ1) is 14.7. The number of carbonyl (C=O) groups is 2. The summed E-state index contributed by atoms with van der Waals surface area (Å²) in [6, 6.07) is 7.10. The molecule has 2 rings (SSSR count). The summed E-state index contributed by atoms with van der Waals surface area (Å²) < 4.78 is 0. The standard InChI is InChI=1S/C14H17N5O2/c1-9-15-13(18-17-9)14(21)16-11-6-4-10(5-7-11)8-12(20)19(2)3/h4-7H,8H2,1-3H3,(H,16,21)(H,15,17,18). The molecule has 2 aromatic rings. The first-order valence-electron chi connectivity index (χ1n) is 6.45. The molecule has 110 valence electrons. The molecule has 1 aromatic carbocycles. The van der Waals surface area contributed by atoms with E-state index < -0.39 is 0 Å². The molecule has 21 heavy (non-hydrogen) atoms. The summed E-state index contributed by atoms with van der Waals surface area (Å²) in [5.74, 6) is 0.330. The summed E-state index contributed by atoms with van der Waals surface area (Å²) in [6.45, 7) is 1.72. The molecule has 0 aliphatic heterocycles. The molecule has 0 saturated carbocycles. The fourth-order valence-corrected chi connectivity index (χ4v) is 1.67. The molecule has 0 unspecified atom stereocenters.